The van der Waals surface area contributed by atoms with Crippen molar-refractivity contribution in [1.29, 1.82) is 0 Å². The second kappa shape index (κ2) is 11.9. The number of rotatable bonds is 3. The molecule has 0 spiro atoms. The molecule has 3 aromatic heterocycles. The van der Waals surface area contributed by atoms with E-state index in [4.69, 9.17) is 51.2 Å². The molecule has 0 amide bonds. The van der Waals surface area contributed by atoms with E-state index < -0.39 is 75.7 Å². The molecule has 3 fully saturated rings. The molecule has 2 unspecified atom stereocenters. The largest absolute Gasteiger partial charge is 0.387 e. The Hall–Kier alpha value is -1.76. The Kier molecular flexibility index (Phi) is 8.62. The van der Waals surface area contributed by atoms with Gasteiger partial charge >= 0.3 is 13.4 Å². The molecule has 3 saturated heterocycles. The number of Topliss-reactive ketones (excluding diaryl/α,β-unsaturated/α-hetero) is 1. The van der Waals surface area contributed by atoms with Gasteiger partial charge in [-0.15, -0.1) is 0 Å². The summed E-state index contributed by atoms with van der Waals surface area (Å²) in [5.41, 5.74) is 1.82. The number of carbonyl (C=O) groups is 1. The minimum atomic E-state index is -4.18. The van der Waals surface area contributed by atoms with Gasteiger partial charge in [-0.3, -0.25) is 23.4 Å². The number of halogens is 1. The maximum Gasteiger partial charge on any atom is 0.325 e. The van der Waals surface area contributed by atoms with E-state index in [1.54, 1.807) is 13.0 Å². The molecule has 3 aromatic rings. The van der Waals surface area contributed by atoms with E-state index in [0.29, 0.717) is 22.4 Å². The number of aryl methyl sites for hydroxylation is 1. The zero-order valence-corrected chi connectivity index (χ0v) is 25.9. The highest BCUT2D eigenvalue weighted by Gasteiger charge is 2.52. The summed E-state index contributed by atoms with van der Waals surface area (Å²) in [6.07, 6.45) is -7.03. The molecule has 0 saturated carbocycles. The van der Waals surface area contributed by atoms with Crippen LogP contribution in [0, 0.1) is 6.92 Å². The maximum atomic E-state index is 16.0. The van der Waals surface area contributed by atoms with Gasteiger partial charge in [0.1, 0.15) is 54.2 Å². The molecule has 0 aliphatic carbocycles. The summed E-state index contributed by atoms with van der Waals surface area (Å²) in [4.78, 5) is 50.4. The summed E-state index contributed by atoms with van der Waals surface area (Å²) < 4.78 is 51.6. The summed E-state index contributed by atoms with van der Waals surface area (Å²) in [5, 5.41) is 11.1. The molecule has 6 heterocycles. The number of carbonyl (C=O) groups excluding carboxylic acids is 1. The molecular weight excluding hydrogens is 651 g/mol. The van der Waals surface area contributed by atoms with E-state index in [2.05, 4.69) is 19.9 Å². The molecule has 2 bridgehead atoms. The van der Waals surface area contributed by atoms with Crippen LogP contribution in [-0.2, 0) is 51.2 Å². The summed E-state index contributed by atoms with van der Waals surface area (Å²) in [6, 6.07) is 2.99. The van der Waals surface area contributed by atoms with E-state index in [-0.39, 0.29) is 11.5 Å². The standard InChI is InChI=1S/C23H26FN5O10P2S2/c1-10-17-22(27-8-26-10)29(9-28-17)23-16(24)20-15(37-23)7-35-41(33,43)39-21-18(31)14(6-34-40(32,42)38-20)36-19(21)12-3-4-25-13(5-12)11(2)30/h3-5,8-9,14-16,18-21,23,31H,6-7H2,1-2H3,(H,32,42)(H,33,43)/t14-,15-,16-,18-,19+,20-,21-,23-,40?,41?/m1/s1. The lowest BCUT2D eigenvalue weighted by molar-refractivity contribution is -0.0486. The number of alkyl halides is 1. The van der Waals surface area contributed by atoms with Crippen LogP contribution in [0.5, 0.6) is 0 Å². The quantitative estimate of drug-likeness (QED) is 0.268. The smallest absolute Gasteiger partial charge is 0.325 e. The van der Waals surface area contributed by atoms with Gasteiger partial charge in [-0.2, -0.15) is 0 Å². The maximum absolute atomic E-state index is 16.0. The third-order valence-electron chi connectivity index (χ3n) is 7.21. The van der Waals surface area contributed by atoms with Crippen LogP contribution in [0.15, 0.2) is 31.0 Å². The molecule has 0 radical (unpaired) electrons. The van der Waals surface area contributed by atoms with E-state index in [0.717, 1.165) is 0 Å². The Morgan fingerprint density at radius 1 is 1.05 bits per heavy atom. The minimum absolute atomic E-state index is 0.134. The lowest BCUT2D eigenvalue weighted by Gasteiger charge is -2.27. The number of aliphatic hydroxyl groups is 1. The third kappa shape index (κ3) is 6.22. The lowest BCUT2D eigenvalue weighted by atomic mass is 10.0. The summed E-state index contributed by atoms with van der Waals surface area (Å²) in [6.45, 7) is -6.32. The van der Waals surface area contributed by atoms with Crippen LogP contribution in [0.25, 0.3) is 11.2 Å². The first-order valence-corrected chi connectivity index (χ1v) is 18.1. The molecule has 20 heteroatoms. The zero-order valence-electron chi connectivity index (χ0n) is 22.4. The monoisotopic (exact) mass is 677 g/mol. The van der Waals surface area contributed by atoms with Gasteiger partial charge in [0.15, 0.2) is 23.8 Å². The van der Waals surface area contributed by atoms with Gasteiger partial charge < -0.3 is 33.4 Å². The van der Waals surface area contributed by atoms with Gasteiger partial charge in [0.2, 0.25) is 0 Å². The van der Waals surface area contributed by atoms with Crippen molar-refractivity contribution in [3.8, 4) is 0 Å². The van der Waals surface area contributed by atoms with Gasteiger partial charge in [-0.05, 0) is 48.2 Å². The Balaban J connectivity index is 1.30. The Morgan fingerprint density at radius 3 is 2.47 bits per heavy atom. The Morgan fingerprint density at radius 2 is 1.74 bits per heavy atom. The number of imidazole rings is 1. The molecule has 0 aromatic carbocycles. The summed E-state index contributed by atoms with van der Waals surface area (Å²) in [7, 11) is 0. The van der Waals surface area contributed by atoms with E-state index >= 15 is 4.39 Å². The van der Waals surface area contributed by atoms with Crippen molar-refractivity contribution in [3.63, 3.8) is 0 Å². The number of ketones is 1. The number of aliphatic hydroxyl groups excluding tert-OH is 1. The van der Waals surface area contributed by atoms with Crippen LogP contribution in [0.3, 0.4) is 0 Å². The zero-order chi connectivity index (χ0) is 30.7. The Bertz CT molecular complexity index is 1650. The lowest BCUT2D eigenvalue weighted by Crippen LogP contribution is -2.34. The number of ether oxygens (including phenoxy) is 2. The highest BCUT2D eigenvalue weighted by atomic mass is 32.5. The molecule has 3 aliphatic heterocycles. The Labute approximate surface area is 253 Å². The van der Waals surface area contributed by atoms with Crippen molar-refractivity contribution < 1.29 is 51.6 Å². The van der Waals surface area contributed by atoms with Crippen molar-refractivity contribution in [2.75, 3.05) is 13.2 Å². The minimum Gasteiger partial charge on any atom is -0.387 e. The number of nitrogens with zero attached hydrogens (tertiary/aromatic N) is 5. The fraction of sp³-hybridized carbons (Fsp3) is 0.522. The first kappa shape index (κ1) is 31.2. The first-order chi connectivity index (χ1) is 20.3. The van der Waals surface area contributed by atoms with Crippen molar-refractivity contribution in [1.82, 2.24) is 24.5 Å². The average Bonchev–Trinajstić information content (AvgIpc) is 3.61. The van der Waals surface area contributed by atoms with E-state index in [1.807, 2.05) is 0 Å². The highest BCUT2D eigenvalue weighted by molar-refractivity contribution is 8.07. The van der Waals surface area contributed by atoms with Crippen molar-refractivity contribution >= 4 is 54.0 Å². The molecule has 3 N–H and O–H groups in total. The second-order valence-electron chi connectivity index (χ2n) is 10.1. The number of hydrogen-bond acceptors (Lipinski definition) is 14. The number of aromatic nitrogens is 5. The highest BCUT2D eigenvalue weighted by Crippen LogP contribution is 2.54. The van der Waals surface area contributed by atoms with Gasteiger partial charge in [-0.25, -0.2) is 19.3 Å². The van der Waals surface area contributed by atoms with Crippen LogP contribution >= 0.6 is 13.4 Å². The molecular formula is C23H26FN5O10P2S2. The molecule has 6 rings (SSSR count). The van der Waals surface area contributed by atoms with Crippen molar-refractivity contribution in [3.05, 3.63) is 47.9 Å². The SMILES string of the molecule is CC(=O)c1cc([C@@H]2O[C@@H]3COP(O)(=S)O[C@H]4[C@@H](F)[C@H](n5cnc6c(C)ncnc65)O[C@@H]4COP(O)(=S)O[C@@H]2[C@@H]3O)ccn1. The summed E-state index contributed by atoms with van der Waals surface area (Å²) in [5.74, 6) is -0.310. The van der Waals surface area contributed by atoms with E-state index in [9.17, 15) is 19.7 Å². The normalized spacial score (nSPS) is 38.7. The van der Waals surface area contributed by atoms with Crippen LogP contribution in [0.4, 0.5) is 4.39 Å². The second-order valence-corrected chi connectivity index (χ2v) is 15.7. The number of fused-ring (bicyclic) bond motifs is 4. The molecule has 232 valence electrons. The molecule has 3 aliphatic rings. The predicted molar refractivity (Wildman–Crippen MR) is 151 cm³/mol. The fourth-order valence-corrected chi connectivity index (χ4v) is 7.97. The first-order valence-electron chi connectivity index (χ1n) is 12.9. The van der Waals surface area contributed by atoms with Crippen molar-refractivity contribution in [2.45, 2.75) is 62.9 Å². The van der Waals surface area contributed by atoms with Crippen molar-refractivity contribution in [2.24, 2.45) is 0 Å². The number of hydrogen-bond donors (Lipinski definition) is 3. The van der Waals surface area contributed by atoms with Gasteiger partial charge in [0, 0.05) is 13.1 Å². The van der Waals surface area contributed by atoms with E-state index in [1.165, 1.54) is 36.4 Å². The van der Waals surface area contributed by atoms with Gasteiger partial charge in [0.05, 0.1) is 25.2 Å². The fourth-order valence-electron chi connectivity index (χ4n) is 5.11. The topological polar surface area (TPSA) is 190 Å². The average molecular weight is 678 g/mol. The van der Waals surface area contributed by atoms with Gasteiger partial charge in [0.25, 0.3) is 0 Å². The van der Waals surface area contributed by atoms with Gasteiger partial charge in [-0.1, -0.05) is 0 Å². The van der Waals surface area contributed by atoms with Crippen LogP contribution in [0.1, 0.15) is 41.0 Å². The third-order valence-corrected chi connectivity index (χ3v) is 10.3. The van der Waals surface area contributed by atoms with Crippen LogP contribution in [0.2, 0.25) is 0 Å². The van der Waals surface area contributed by atoms with Crippen LogP contribution in [-0.4, -0.2) is 95.1 Å². The predicted octanol–water partition coefficient (Wildman–Crippen LogP) is 1.72. The molecule has 43 heavy (non-hydrogen) atoms. The molecule has 10 atom stereocenters. The molecule has 15 nitrogen and oxygen atoms in total. The summed E-state index contributed by atoms with van der Waals surface area (Å²) >= 11 is 10.4. The number of pyridine rings is 1. The van der Waals surface area contributed by atoms with Crippen LogP contribution < -0.4 is 0 Å².